The van der Waals surface area contributed by atoms with E-state index in [-0.39, 0.29) is 5.97 Å². The Morgan fingerprint density at radius 3 is 2.96 bits per heavy atom. The monoisotopic (exact) mass is 367 g/mol. The van der Waals surface area contributed by atoms with E-state index in [4.69, 9.17) is 4.74 Å². The summed E-state index contributed by atoms with van der Waals surface area (Å²) in [5, 5.41) is 4.20. The lowest BCUT2D eigenvalue weighted by molar-refractivity contribution is 0.0519. The van der Waals surface area contributed by atoms with Gasteiger partial charge in [0.25, 0.3) is 0 Å². The van der Waals surface area contributed by atoms with Gasteiger partial charge in [-0.05, 0) is 31.5 Å². The van der Waals surface area contributed by atoms with E-state index in [1.165, 1.54) is 0 Å². The first-order chi connectivity index (χ1) is 12.7. The summed E-state index contributed by atoms with van der Waals surface area (Å²) < 4.78 is 6.98. The predicted octanol–water partition coefficient (Wildman–Crippen LogP) is 3.41. The number of hydrogen-bond acceptors (Lipinski definition) is 7. The lowest BCUT2D eigenvalue weighted by Gasteiger charge is -2.19. The first-order valence-electron chi connectivity index (χ1n) is 8.23. The average Bonchev–Trinajstić information content (AvgIpc) is 3.01. The van der Waals surface area contributed by atoms with E-state index in [0.717, 1.165) is 32.7 Å². The summed E-state index contributed by atoms with van der Waals surface area (Å²) in [6.07, 6.45) is 5.03. The maximum atomic E-state index is 11.9. The van der Waals surface area contributed by atoms with Crippen molar-refractivity contribution < 1.29 is 9.53 Å². The Labute approximate surface area is 154 Å². The van der Waals surface area contributed by atoms with Gasteiger partial charge in [-0.25, -0.2) is 19.7 Å². The fraction of sp³-hybridized carbons (Fsp3) is 0.222. The second kappa shape index (κ2) is 6.80. The highest BCUT2D eigenvalue weighted by molar-refractivity contribution is 7.99. The summed E-state index contributed by atoms with van der Waals surface area (Å²) in [7, 11) is 0. The van der Waals surface area contributed by atoms with Crippen LogP contribution >= 0.6 is 11.8 Å². The third-order valence-corrected chi connectivity index (χ3v) is 5.16. The molecule has 0 bridgehead atoms. The van der Waals surface area contributed by atoms with E-state index in [1.54, 1.807) is 37.4 Å². The summed E-state index contributed by atoms with van der Waals surface area (Å²) in [6, 6.07) is 6.22. The Balaban J connectivity index is 1.57. The highest BCUT2D eigenvalue weighted by Gasteiger charge is 2.19. The van der Waals surface area contributed by atoms with Crippen LogP contribution in [-0.4, -0.2) is 32.1 Å². The van der Waals surface area contributed by atoms with Crippen LogP contribution in [0.1, 0.15) is 28.7 Å². The summed E-state index contributed by atoms with van der Waals surface area (Å²) in [4.78, 5) is 25.9. The zero-order valence-corrected chi connectivity index (χ0v) is 15.2. The molecule has 0 spiro atoms. The van der Waals surface area contributed by atoms with Gasteiger partial charge in [-0.3, -0.25) is 0 Å². The van der Waals surface area contributed by atoms with Crippen LogP contribution in [-0.2, 0) is 11.3 Å². The number of nitrogens with zero attached hydrogens (tertiary/aromatic N) is 4. The first kappa shape index (κ1) is 16.6. The molecule has 0 aliphatic carbocycles. The molecule has 0 fully saturated rings. The molecule has 1 N–H and O–H groups in total. The molecule has 7 nitrogen and oxygen atoms in total. The van der Waals surface area contributed by atoms with Crippen LogP contribution in [0.15, 0.2) is 46.8 Å². The van der Waals surface area contributed by atoms with E-state index in [1.807, 2.05) is 11.5 Å². The summed E-state index contributed by atoms with van der Waals surface area (Å²) in [5.74, 6) is 0.382. The van der Waals surface area contributed by atoms with Gasteiger partial charge in [0.05, 0.1) is 18.6 Å². The first-order valence-corrected chi connectivity index (χ1v) is 9.05. The highest BCUT2D eigenvalue weighted by Crippen LogP contribution is 2.42. The number of benzene rings is 1. The van der Waals surface area contributed by atoms with Crippen LogP contribution in [0.25, 0.3) is 0 Å². The number of fused-ring (bicyclic) bond motifs is 2. The van der Waals surface area contributed by atoms with Gasteiger partial charge in [0.1, 0.15) is 5.03 Å². The molecule has 0 saturated carbocycles. The molecule has 0 atom stereocenters. The molecule has 132 valence electrons. The number of nitrogens with one attached hydrogen (secondary N) is 1. The van der Waals surface area contributed by atoms with E-state index in [0.29, 0.717) is 18.8 Å². The van der Waals surface area contributed by atoms with Crippen molar-refractivity contribution >= 4 is 29.2 Å². The van der Waals surface area contributed by atoms with Gasteiger partial charge < -0.3 is 14.6 Å². The molecule has 8 heteroatoms. The van der Waals surface area contributed by atoms with Gasteiger partial charge in [0.2, 0.25) is 0 Å². The number of carbonyl (C=O) groups excluding carboxylic acids is 1. The number of esters is 1. The van der Waals surface area contributed by atoms with E-state index in [9.17, 15) is 4.79 Å². The molecule has 1 aliphatic rings. The molecule has 0 unspecified atom stereocenters. The zero-order chi connectivity index (χ0) is 18.1. The molecular weight excluding hydrogens is 350 g/mol. The average molecular weight is 367 g/mol. The number of carbonyl (C=O) groups is 1. The molecule has 4 rings (SSSR count). The Morgan fingerprint density at radius 2 is 2.12 bits per heavy atom. The van der Waals surface area contributed by atoms with Crippen molar-refractivity contribution in [3.05, 3.63) is 53.9 Å². The van der Waals surface area contributed by atoms with Gasteiger partial charge in [0, 0.05) is 29.5 Å². The lowest BCUT2D eigenvalue weighted by Crippen LogP contribution is -2.09. The quantitative estimate of drug-likeness (QED) is 0.554. The normalized spacial score (nSPS) is 12.1. The fourth-order valence-electron chi connectivity index (χ4n) is 2.78. The SMILES string of the molecule is CCOC(=O)c1ncn(Cc2ccc3c(c2)Nc2nccnc2S3)c1C. The molecule has 0 amide bonds. The van der Waals surface area contributed by atoms with Gasteiger partial charge in [0.15, 0.2) is 11.5 Å². The number of aromatic nitrogens is 4. The van der Waals surface area contributed by atoms with Crippen LogP contribution in [0.3, 0.4) is 0 Å². The minimum atomic E-state index is -0.387. The van der Waals surface area contributed by atoms with Gasteiger partial charge in [-0.2, -0.15) is 0 Å². The molecule has 26 heavy (non-hydrogen) atoms. The van der Waals surface area contributed by atoms with Crippen molar-refractivity contribution in [1.29, 1.82) is 0 Å². The Kier molecular flexibility index (Phi) is 4.34. The zero-order valence-electron chi connectivity index (χ0n) is 14.4. The molecule has 2 aromatic heterocycles. The second-order valence-corrected chi connectivity index (χ2v) is 6.83. The van der Waals surface area contributed by atoms with Crippen molar-refractivity contribution in [2.75, 3.05) is 11.9 Å². The van der Waals surface area contributed by atoms with Crippen molar-refractivity contribution in [3.63, 3.8) is 0 Å². The third kappa shape index (κ3) is 3.03. The van der Waals surface area contributed by atoms with Crippen LogP contribution in [0, 0.1) is 6.92 Å². The van der Waals surface area contributed by atoms with Crippen molar-refractivity contribution in [3.8, 4) is 0 Å². The molecule has 1 aromatic carbocycles. The Hall–Kier alpha value is -2.87. The Morgan fingerprint density at radius 1 is 1.27 bits per heavy atom. The maximum absolute atomic E-state index is 11.9. The molecule has 3 aromatic rings. The smallest absolute Gasteiger partial charge is 0.358 e. The van der Waals surface area contributed by atoms with Crippen molar-refractivity contribution in [2.24, 2.45) is 0 Å². The van der Waals surface area contributed by atoms with Crippen LogP contribution in [0.2, 0.25) is 0 Å². The minimum Gasteiger partial charge on any atom is -0.461 e. The number of imidazole rings is 1. The predicted molar refractivity (Wildman–Crippen MR) is 97.9 cm³/mol. The summed E-state index contributed by atoms with van der Waals surface area (Å²) >= 11 is 1.60. The Bertz CT molecular complexity index is 985. The molecule has 3 heterocycles. The molecule has 0 radical (unpaired) electrons. The van der Waals surface area contributed by atoms with Crippen molar-refractivity contribution in [1.82, 2.24) is 19.5 Å². The number of anilines is 2. The van der Waals surface area contributed by atoms with Crippen molar-refractivity contribution in [2.45, 2.75) is 30.3 Å². The van der Waals surface area contributed by atoms with Crippen LogP contribution in [0.4, 0.5) is 11.5 Å². The number of rotatable bonds is 4. The van der Waals surface area contributed by atoms with Gasteiger partial charge in [-0.15, -0.1) is 0 Å². The van der Waals surface area contributed by atoms with E-state index < -0.39 is 0 Å². The maximum Gasteiger partial charge on any atom is 0.358 e. The highest BCUT2D eigenvalue weighted by atomic mass is 32.2. The molecule has 0 saturated heterocycles. The summed E-state index contributed by atoms with van der Waals surface area (Å²) in [6.45, 7) is 4.61. The molecule has 1 aliphatic heterocycles. The lowest BCUT2D eigenvalue weighted by atomic mass is 10.2. The number of hydrogen-bond donors (Lipinski definition) is 1. The second-order valence-electron chi connectivity index (χ2n) is 5.79. The van der Waals surface area contributed by atoms with Crippen LogP contribution < -0.4 is 5.32 Å². The van der Waals surface area contributed by atoms with Gasteiger partial charge >= 0.3 is 5.97 Å². The number of ether oxygens (including phenoxy) is 1. The van der Waals surface area contributed by atoms with E-state index >= 15 is 0 Å². The van der Waals surface area contributed by atoms with E-state index in [2.05, 4.69) is 38.5 Å². The molecular formula is C18H17N5O2S. The minimum absolute atomic E-state index is 0.337. The van der Waals surface area contributed by atoms with Gasteiger partial charge in [-0.1, -0.05) is 17.8 Å². The third-order valence-electron chi connectivity index (χ3n) is 4.09. The fourth-order valence-corrected chi connectivity index (χ4v) is 3.66. The largest absolute Gasteiger partial charge is 0.461 e. The summed E-state index contributed by atoms with van der Waals surface area (Å²) in [5.41, 5.74) is 3.26. The van der Waals surface area contributed by atoms with Crippen LogP contribution in [0.5, 0.6) is 0 Å². The standard InChI is InChI=1S/C18H17N5O2S/c1-3-25-18(24)15-11(2)23(10-21-15)9-12-4-5-14-13(8-12)22-16-17(26-14)20-7-6-19-16/h4-8,10H,3,9H2,1-2H3,(H,19,22). The topological polar surface area (TPSA) is 81.9 Å².